The van der Waals surface area contributed by atoms with Crippen molar-refractivity contribution in [3.8, 4) is 0 Å². The molecule has 0 aromatic rings. The highest BCUT2D eigenvalue weighted by molar-refractivity contribution is 5.69. The Balaban J connectivity index is 1.69. The van der Waals surface area contributed by atoms with Gasteiger partial charge >= 0.3 is 5.97 Å². The van der Waals surface area contributed by atoms with Crippen molar-refractivity contribution in [2.75, 3.05) is 33.9 Å². The average molecular weight is 257 g/mol. The molecule has 5 heteroatoms. The predicted octanol–water partition coefficient (Wildman–Crippen LogP) is 1.18. The van der Waals surface area contributed by atoms with Gasteiger partial charge in [0.1, 0.15) is 0 Å². The van der Waals surface area contributed by atoms with Crippen molar-refractivity contribution < 1.29 is 19.4 Å². The van der Waals surface area contributed by atoms with Crippen LogP contribution in [0.5, 0.6) is 0 Å². The van der Waals surface area contributed by atoms with Crippen molar-refractivity contribution in [3.63, 3.8) is 0 Å². The van der Waals surface area contributed by atoms with E-state index in [9.17, 15) is 4.79 Å². The summed E-state index contributed by atoms with van der Waals surface area (Å²) in [6.45, 7) is 2.68. The number of likely N-dealkylation sites (tertiary alicyclic amines) is 1. The molecular formula is C13H23NO4. The van der Waals surface area contributed by atoms with E-state index in [0.29, 0.717) is 5.92 Å². The van der Waals surface area contributed by atoms with E-state index in [1.165, 1.54) is 0 Å². The zero-order chi connectivity index (χ0) is 13.2. The molecular weight excluding hydrogens is 234 g/mol. The predicted molar refractivity (Wildman–Crippen MR) is 66.3 cm³/mol. The van der Waals surface area contributed by atoms with Gasteiger partial charge in [-0.15, -0.1) is 0 Å². The van der Waals surface area contributed by atoms with Crippen LogP contribution in [0.1, 0.15) is 25.7 Å². The molecule has 2 rings (SSSR count). The summed E-state index contributed by atoms with van der Waals surface area (Å²) in [5, 5.41) is 8.95. The van der Waals surface area contributed by atoms with Crippen LogP contribution in [0, 0.1) is 11.8 Å². The molecule has 1 heterocycles. The lowest BCUT2D eigenvalue weighted by Gasteiger charge is -2.49. The van der Waals surface area contributed by atoms with Crippen LogP contribution in [0.25, 0.3) is 0 Å². The Labute approximate surface area is 108 Å². The quantitative estimate of drug-likeness (QED) is 0.749. The Hall–Kier alpha value is -0.650. The highest BCUT2D eigenvalue weighted by Gasteiger charge is 2.44. The number of carbonyl (C=O) groups is 1. The van der Waals surface area contributed by atoms with Crippen molar-refractivity contribution in [2.45, 2.75) is 31.5 Å². The number of ether oxygens (including phenoxy) is 2. The molecule has 0 aromatic carbocycles. The molecule has 0 atom stereocenters. The Kier molecular flexibility index (Phi) is 4.25. The summed E-state index contributed by atoms with van der Waals surface area (Å²) < 4.78 is 10.7. The summed E-state index contributed by atoms with van der Waals surface area (Å²) in [4.78, 5) is 13.2. The van der Waals surface area contributed by atoms with Crippen LogP contribution in [0.15, 0.2) is 0 Å². The van der Waals surface area contributed by atoms with Gasteiger partial charge in [-0.25, -0.2) is 0 Å². The molecule has 18 heavy (non-hydrogen) atoms. The average Bonchev–Trinajstić information content (AvgIpc) is 2.34. The van der Waals surface area contributed by atoms with Crippen LogP contribution in [0.4, 0.5) is 0 Å². The molecule has 2 aliphatic rings. The molecule has 5 nitrogen and oxygen atoms in total. The van der Waals surface area contributed by atoms with E-state index < -0.39 is 11.8 Å². The number of rotatable bonds is 5. The number of carboxylic acids is 1. The van der Waals surface area contributed by atoms with E-state index in [4.69, 9.17) is 14.6 Å². The fraction of sp³-hybridized carbons (Fsp3) is 0.923. The first kappa shape index (κ1) is 13.8. The van der Waals surface area contributed by atoms with Crippen molar-refractivity contribution >= 4 is 5.97 Å². The Morgan fingerprint density at radius 3 is 2.22 bits per heavy atom. The summed E-state index contributed by atoms with van der Waals surface area (Å²) in [5.74, 6) is -0.518. The maximum absolute atomic E-state index is 10.9. The third-order valence-electron chi connectivity index (χ3n) is 4.39. The lowest BCUT2D eigenvalue weighted by atomic mass is 9.81. The normalized spacial score (nSPS) is 31.9. The second-order valence-electron chi connectivity index (χ2n) is 5.54. The first-order chi connectivity index (χ1) is 8.58. The van der Waals surface area contributed by atoms with Gasteiger partial charge in [-0.3, -0.25) is 9.69 Å². The number of hydrogen-bond acceptors (Lipinski definition) is 4. The maximum atomic E-state index is 10.9. The summed E-state index contributed by atoms with van der Waals surface area (Å²) in [5.41, 5.74) is 0. The largest absolute Gasteiger partial charge is 0.481 e. The number of nitrogens with zero attached hydrogens (tertiary/aromatic N) is 1. The molecule has 0 amide bonds. The third kappa shape index (κ3) is 2.84. The molecule has 1 saturated heterocycles. The van der Waals surface area contributed by atoms with E-state index in [2.05, 4.69) is 4.90 Å². The van der Waals surface area contributed by atoms with Crippen molar-refractivity contribution in [3.05, 3.63) is 0 Å². The van der Waals surface area contributed by atoms with Crippen LogP contribution in [0.3, 0.4) is 0 Å². The van der Waals surface area contributed by atoms with Crippen LogP contribution >= 0.6 is 0 Å². The molecule has 0 bridgehead atoms. The van der Waals surface area contributed by atoms with E-state index in [0.717, 1.165) is 45.3 Å². The second-order valence-corrected chi connectivity index (χ2v) is 5.54. The smallest absolute Gasteiger partial charge is 0.306 e. The number of methoxy groups -OCH3 is 2. The van der Waals surface area contributed by atoms with Crippen LogP contribution in [-0.4, -0.2) is 55.6 Å². The van der Waals surface area contributed by atoms with Gasteiger partial charge in [0.25, 0.3) is 0 Å². The number of hydrogen-bond donors (Lipinski definition) is 1. The van der Waals surface area contributed by atoms with Gasteiger partial charge in [0.15, 0.2) is 5.79 Å². The van der Waals surface area contributed by atoms with E-state index in [1.807, 2.05) is 0 Å². The Bertz CT molecular complexity index is 287. The highest BCUT2D eigenvalue weighted by Crippen LogP contribution is 2.32. The molecule has 0 aromatic heterocycles. The summed E-state index contributed by atoms with van der Waals surface area (Å²) in [7, 11) is 3.36. The maximum Gasteiger partial charge on any atom is 0.306 e. The van der Waals surface area contributed by atoms with Gasteiger partial charge in [-0.1, -0.05) is 0 Å². The van der Waals surface area contributed by atoms with Gasteiger partial charge in [-0.05, 0) is 31.6 Å². The monoisotopic (exact) mass is 257 g/mol. The molecule has 2 fully saturated rings. The molecule has 1 saturated carbocycles. The summed E-state index contributed by atoms with van der Waals surface area (Å²) >= 11 is 0. The van der Waals surface area contributed by atoms with Crippen molar-refractivity contribution in [1.29, 1.82) is 0 Å². The third-order valence-corrected chi connectivity index (χ3v) is 4.39. The highest BCUT2D eigenvalue weighted by atomic mass is 16.7. The first-order valence-electron chi connectivity index (χ1n) is 6.64. The molecule has 1 aliphatic carbocycles. The molecule has 104 valence electrons. The molecule has 0 radical (unpaired) electrons. The van der Waals surface area contributed by atoms with Gasteiger partial charge in [0.2, 0.25) is 0 Å². The van der Waals surface area contributed by atoms with Crippen molar-refractivity contribution in [1.82, 2.24) is 4.90 Å². The topological polar surface area (TPSA) is 59.0 Å². The summed E-state index contributed by atoms with van der Waals surface area (Å²) in [6, 6.07) is 0. The zero-order valence-corrected chi connectivity index (χ0v) is 11.2. The van der Waals surface area contributed by atoms with E-state index >= 15 is 0 Å². The molecule has 0 unspecified atom stereocenters. The van der Waals surface area contributed by atoms with Crippen molar-refractivity contribution in [2.24, 2.45) is 11.8 Å². The fourth-order valence-electron chi connectivity index (χ4n) is 3.06. The minimum absolute atomic E-state index is 0.116. The zero-order valence-electron chi connectivity index (χ0n) is 11.2. The first-order valence-corrected chi connectivity index (χ1v) is 6.64. The van der Waals surface area contributed by atoms with Crippen LogP contribution in [-0.2, 0) is 14.3 Å². The standard InChI is InChI=1S/C13H23NO4/c1-17-13(18-2)8-14(9-13)7-10-3-5-11(6-4-10)12(15)16/h10-11H,3-9H2,1-2H3,(H,15,16). The van der Waals surface area contributed by atoms with Crippen LogP contribution in [0.2, 0.25) is 0 Å². The summed E-state index contributed by atoms with van der Waals surface area (Å²) in [6.07, 6.45) is 3.71. The molecule has 1 N–H and O–H groups in total. The van der Waals surface area contributed by atoms with Gasteiger partial charge in [0.05, 0.1) is 19.0 Å². The van der Waals surface area contributed by atoms with E-state index in [-0.39, 0.29) is 5.92 Å². The SMILES string of the molecule is COC1(OC)CN(CC2CCC(C(=O)O)CC2)C1. The Morgan fingerprint density at radius 1 is 1.22 bits per heavy atom. The lowest BCUT2D eigenvalue weighted by Crippen LogP contribution is -2.64. The van der Waals surface area contributed by atoms with Gasteiger partial charge < -0.3 is 14.6 Å². The number of carboxylic acid groups (broad SMARTS) is 1. The Morgan fingerprint density at radius 2 is 1.78 bits per heavy atom. The minimum Gasteiger partial charge on any atom is -0.481 e. The molecule has 1 aliphatic heterocycles. The lowest BCUT2D eigenvalue weighted by molar-refractivity contribution is -0.277. The fourth-order valence-corrected chi connectivity index (χ4v) is 3.06. The van der Waals surface area contributed by atoms with E-state index in [1.54, 1.807) is 14.2 Å². The number of aliphatic carboxylic acids is 1. The van der Waals surface area contributed by atoms with Gasteiger partial charge in [-0.2, -0.15) is 0 Å². The van der Waals surface area contributed by atoms with Gasteiger partial charge in [0, 0.05) is 20.8 Å². The molecule has 0 spiro atoms. The van der Waals surface area contributed by atoms with Crippen LogP contribution < -0.4 is 0 Å². The second kappa shape index (κ2) is 5.55. The minimum atomic E-state index is -0.629.